The lowest BCUT2D eigenvalue weighted by molar-refractivity contribution is -0.131. The second-order valence-corrected chi connectivity index (χ2v) is 8.61. The summed E-state index contributed by atoms with van der Waals surface area (Å²) in [5.74, 6) is 2.35. The summed E-state index contributed by atoms with van der Waals surface area (Å²) in [5, 5.41) is 6.51. The fraction of sp³-hybridized carbons (Fsp3) is 0.522. The zero-order chi connectivity index (χ0) is 21.6. The van der Waals surface area contributed by atoms with Crippen LogP contribution < -0.4 is 10.6 Å². The molecule has 1 aromatic carbocycles. The van der Waals surface area contributed by atoms with Gasteiger partial charge in [-0.1, -0.05) is 45.0 Å². The molecule has 0 unspecified atom stereocenters. The predicted molar refractivity (Wildman–Crippen MR) is 118 cm³/mol. The SMILES string of the molecule is CCNC(=NCc1ncc(C(C)(C)C)o1)NCCCC(=O)N1Cc2ccccc2C1. The van der Waals surface area contributed by atoms with Crippen LogP contribution in [0, 0.1) is 0 Å². The van der Waals surface area contributed by atoms with Crippen LogP contribution in [0.3, 0.4) is 0 Å². The van der Waals surface area contributed by atoms with Crippen molar-refractivity contribution >= 4 is 11.9 Å². The first-order valence-corrected chi connectivity index (χ1v) is 10.7. The lowest BCUT2D eigenvalue weighted by Crippen LogP contribution is -2.38. The first-order chi connectivity index (χ1) is 14.4. The van der Waals surface area contributed by atoms with E-state index in [1.165, 1.54) is 11.1 Å². The van der Waals surface area contributed by atoms with Crippen molar-refractivity contribution in [1.29, 1.82) is 0 Å². The molecule has 0 saturated heterocycles. The molecule has 1 aliphatic heterocycles. The lowest BCUT2D eigenvalue weighted by atomic mass is 9.94. The molecule has 162 valence electrons. The van der Waals surface area contributed by atoms with Gasteiger partial charge in [-0.15, -0.1) is 0 Å². The summed E-state index contributed by atoms with van der Waals surface area (Å²) in [6.45, 7) is 11.5. The molecule has 2 N–H and O–H groups in total. The number of amides is 1. The second-order valence-electron chi connectivity index (χ2n) is 8.61. The summed E-state index contributed by atoms with van der Waals surface area (Å²) in [5.41, 5.74) is 2.44. The maximum Gasteiger partial charge on any atom is 0.223 e. The number of benzene rings is 1. The van der Waals surface area contributed by atoms with E-state index in [0.717, 1.165) is 31.8 Å². The van der Waals surface area contributed by atoms with Crippen LogP contribution in [0.25, 0.3) is 0 Å². The molecule has 0 spiro atoms. The highest BCUT2D eigenvalue weighted by Crippen LogP contribution is 2.23. The Bertz CT molecular complexity index is 857. The highest BCUT2D eigenvalue weighted by Gasteiger charge is 2.22. The molecule has 0 aliphatic carbocycles. The van der Waals surface area contributed by atoms with E-state index < -0.39 is 0 Å². The Kier molecular flexibility index (Phi) is 7.13. The topological polar surface area (TPSA) is 82.8 Å². The normalized spacial score (nSPS) is 14.0. The quantitative estimate of drug-likeness (QED) is 0.415. The van der Waals surface area contributed by atoms with Gasteiger partial charge in [0.1, 0.15) is 12.3 Å². The van der Waals surface area contributed by atoms with Crippen molar-refractivity contribution in [3.8, 4) is 0 Å². The maximum atomic E-state index is 12.5. The number of rotatable bonds is 7. The molecule has 0 bridgehead atoms. The Morgan fingerprint density at radius 3 is 2.50 bits per heavy atom. The largest absolute Gasteiger partial charge is 0.443 e. The van der Waals surface area contributed by atoms with Crippen LogP contribution in [-0.2, 0) is 29.8 Å². The van der Waals surface area contributed by atoms with Crippen molar-refractivity contribution < 1.29 is 9.21 Å². The lowest BCUT2D eigenvalue weighted by Gasteiger charge is -2.16. The van der Waals surface area contributed by atoms with Crippen molar-refractivity contribution in [3.63, 3.8) is 0 Å². The maximum absolute atomic E-state index is 12.5. The molecule has 0 atom stereocenters. The first-order valence-electron chi connectivity index (χ1n) is 10.7. The Balaban J connectivity index is 1.43. The third-order valence-corrected chi connectivity index (χ3v) is 5.06. The predicted octanol–water partition coefficient (Wildman–Crippen LogP) is 3.35. The van der Waals surface area contributed by atoms with Gasteiger partial charge in [0, 0.05) is 38.0 Å². The summed E-state index contributed by atoms with van der Waals surface area (Å²) >= 11 is 0. The van der Waals surface area contributed by atoms with Gasteiger partial charge < -0.3 is 20.0 Å². The zero-order valence-corrected chi connectivity index (χ0v) is 18.5. The minimum Gasteiger partial charge on any atom is -0.443 e. The Labute approximate surface area is 179 Å². The Morgan fingerprint density at radius 1 is 1.20 bits per heavy atom. The molecule has 2 heterocycles. The number of guanidine groups is 1. The van der Waals surface area contributed by atoms with Gasteiger partial charge in [0.2, 0.25) is 11.8 Å². The third kappa shape index (κ3) is 5.84. The smallest absolute Gasteiger partial charge is 0.223 e. The van der Waals surface area contributed by atoms with E-state index in [1.54, 1.807) is 6.20 Å². The van der Waals surface area contributed by atoms with Crippen molar-refractivity contribution in [2.75, 3.05) is 13.1 Å². The average molecular weight is 412 g/mol. The molecule has 3 rings (SSSR count). The van der Waals surface area contributed by atoms with Crippen LogP contribution in [0.15, 0.2) is 39.9 Å². The summed E-state index contributed by atoms with van der Waals surface area (Å²) in [4.78, 5) is 23.3. The number of nitrogens with one attached hydrogen (secondary N) is 2. The minimum absolute atomic E-state index is 0.0685. The van der Waals surface area contributed by atoms with Gasteiger partial charge in [0.15, 0.2) is 5.96 Å². The number of hydrogen-bond acceptors (Lipinski definition) is 4. The van der Waals surface area contributed by atoms with Crippen LogP contribution >= 0.6 is 0 Å². The van der Waals surface area contributed by atoms with E-state index >= 15 is 0 Å². The molecule has 1 aliphatic rings. The summed E-state index contributed by atoms with van der Waals surface area (Å²) in [7, 11) is 0. The molecular formula is C23H33N5O2. The Hall–Kier alpha value is -2.83. The zero-order valence-electron chi connectivity index (χ0n) is 18.5. The molecule has 7 nitrogen and oxygen atoms in total. The number of carbonyl (C=O) groups excluding carboxylic acids is 1. The van der Waals surface area contributed by atoms with Crippen LogP contribution in [-0.4, -0.2) is 34.8 Å². The summed E-state index contributed by atoms with van der Waals surface area (Å²) in [6.07, 6.45) is 3.05. The number of fused-ring (bicyclic) bond motifs is 1. The number of nitrogens with zero attached hydrogens (tertiary/aromatic N) is 3. The van der Waals surface area contributed by atoms with Crippen LogP contribution in [0.4, 0.5) is 0 Å². The van der Waals surface area contributed by atoms with E-state index in [2.05, 4.69) is 53.5 Å². The monoisotopic (exact) mass is 411 g/mol. The third-order valence-electron chi connectivity index (χ3n) is 5.06. The van der Waals surface area contributed by atoms with Crippen LogP contribution in [0.2, 0.25) is 0 Å². The molecule has 30 heavy (non-hydrogen) atoms. The molecular weight excluding hydrogens is 378 g/mol. The highest BCUT2D eigenvalue weighted by molar-refractivity contribution is 5.80. The van der Waals surface area contributed by atoms with E-state index in [-0.39, 0.29) is 11.3 Å². The fourth-order valence-electron chi connectivity index (χ4n) is 3.33. The van der Waals surface area contributed by atoms with E-state index in [1.807, 2.05) is 24.0 Å². The summed E-state index contributed by atoms with van der Waals surface area (Å²) in [6, 6.07) is 8.25. The molecule has 0 fully saturated rings. The van der Waals surface area contributed by atoms with E-state index in [4.69, 9.17) is 4.42 Å². The molecule has 7 heteroatoms. The molecule has 1 aromatic heterocycles. The van der Waals surface area contributed by atoms with E-state index in [9.17, 15) is 4.79 Å². The van der Waals surface area contributed by atoms with Gasteiger partial charge in [-0.05, 0) is 24.5 Å². The number of oxazole rings is 1. The highest BCUT2D eigenvalue weighted by atomic mass is 16.4. The molecule has 1 amide bonds. The second kappa shape index (κ2) is 9.78. The first kappa shape index (κ1) is 21.9. The molecule has 0 saturated carbocycles. The van der Waals surface area contributed by atoms with Gasteiger partial charge in [-0.2, -0.15) is 0 Å². The van der Waals surface area contributed by atoms with Crippen molar-refractivity contribution in [1.82, 2.24) is 20.5 Å². The molecule has 0 radical (unpaired) electrons. The number of carbonyl (C=O) groups is 1. The van der Waals surface area contributed by atoms with Gasteiger partial charge in [-0.3, -0.25) is 4.79 Å². The Morgan fingerprint density at radius 2 is 1.90 bits per heavy atom. The standard InChI is InChI=1S/C23H33N5O2/c1-5-24-22(27-14-20-26-13-19(30-20)23(2,3)4)25-12-8-11-21(29)28-15-17-9-6-7-10-18(17)16-28/h6-7,9-10,13H,5,8,11-12,14-16H2,1-4H3,(H2,24,25,27). The minimum atomic E-state index is -0.0685. The molecule has 2 aromatic rings. The van der Waals surface area contributed by atoms with Gasteiger partial charge in [-0.25, -0.2) is 9.98 Å². The average Bonchev–Trinajstić information content (AvgIpc) is 3.35. The van der Waals surface area contributed by atoms with Gasteiger partial charge >= 0.3 is 0 Å². The number of aliphatic imine (C=N–C) groups is 1. The van der Waals surface area contributed by atoms with Gasteiger partial charge in [0.25, 0.3) is 0 Å². The number of aromatic nitrogens is 1. The fourth-order valence-corrected chi connectivity index (χ4v) is 3.33. The summed E-state index contributed by atoms with van der Waals surface area (Å²) < 4.78 is 5.79. The van der Waals surface area contributed by atoms with E-state index in [0.29, 0.717) is 31.4 Å². The van der Waals surface area contributed by atoms with Crippen molar-refractivity contribution in [2.24, 2.45) is 4.99 Å². The van der Waals surface area contributed by atoms with Crippen LogP contribution in [0.5, 0.6) is 0 Å². The van der Waals surface area contributed by atoms with Crippen LogP contribution in [0.1, 0.15) is 63.3 Å². The van der Waals surface area contributed by atoms with Crippen molar-refractivity contribution in [2.45, 2.75) is 65.6 Å². The van der Waals surface area contributed by atoms with Crippen molar-refractivity contribution in [3.05, 3.63) is 53.2 Å². The van der Waals surface area contributed by atoms with Gasteiger partial charge in [0.05, 0.1) is 6.20 Å². The number of hydrogen-bond donors (Lipinski definition) is 2.